The second kappa shape index (κ2) is 23.4. The number of aryl methyl sites for hydroxylation is 1. The predicted octanol–water partition coefficient (Wildman–Crippen LogP) is 8.91. The van der Waals surface area contributed by atoms with Crippen LogP contribution in [0.25, 0.3) is 11.1 Å². The summed E-state index contributed by atoms with van der Waals surface area (Å²) in [4.78, 5) is 30.3. The Bertz CT molecular complexity index is 1750. The fourth-order valence-corrected chi connectivity index (χ4v) is 8.67. The first-order chi connectivity index (χ1) is 25.1. The van der Waals surface area contributed by atoms with Crippen molar-refractivity contribution in [3.63, 3.8) is 0 Å². The van der Waals surface area contributed by atoms with Crippen LogP contribution in [-0.4, -0.2) is 85.7 Å². The molecule has 2 N–H and O–H groups in total. The van der Waals surface area contributed by atoms with Gasteiger partial charge in [-0.1, -0.05) is 81.1 Å². The maximum absolute atomic E-state index is 13.4. The quantitative estimate of drug-likeness (QED) is 0.146. The van der Waals surface area contributed by atoms with Crippen LogP contribution >= 0.6 is 23.5 Å². The van der Waals surface area contributed by atoms with E-state index in [9.17, 15) is 23.1 Å². The predicted molar refractivity (Wildman–Crippen MR) is 225 cm³/mol. The average Bonchev–Trinajstić information content (AvgIpc) is 3.44. The van der Waals surface area contributed by atoms with Gasteiger partial charge in [0.05, 0.1) is 5.75 Å². The highest BCUT2D eigenvalue weighted by atomic mass is 32.2. The molecule has 8 nitrogen and oxygen atoms in total. The summed E-state index contributed by atoms with van der Waals surface area (Å²) >= 11 is 3.82. The second-order valence-electron chi connectivity index (χ2n) is 13.3. The lowest BCUT2D eigenvalue weighted by molar-refractivity contribution is -0.139. The van der Waals surface area contributed by atoms with Crippen molar-refractivity contribution in [1.82, 2.24) is 10.2 Å². The first-order valence-corrected chi connectivity index (χ1v) is 21.7. The number of carbonyl (C=O) groups excluding carboxylic acids is 1. The molecular weight excluding hydrogens is 725 g/mol. The van der Waals surface area contributed by atoms with Crippen molar-refractivity contribution in [3.05, 3.63) is 113 Å². The monoisotopic (exact) mass is 782 g/mol. The summed E-state index contributed by atoms with van der Waals surface area (Å²) in [6.07, 6.45) is 7.06. The third kappa shape index (κ3) is 16.7. The Morgan fingerprint density at radius 1 is 1.08 bits per heavy atom. The number of rotatable bonds is 15. The van der Waals surface area contributed by atoms with Gasteiger partial charge in [0.2, 0.25) is 0 Å². The van der Waals surface area contributed by atoms with Gasteiger partial charge in [0, 0.05) is 60.6 Å². The molecule has 0 saturated carbocycles. The molecule has 1 amide bonds. The van der Waals surface area contributed by atoms with Gasteiger partial charge in [0.25, 0.3) is 5.91 Å². The highest BCUT2D eigenvalue weighted by molar-refractivity contribution is 8.03. The number of carbonyl (C=O) groups is 2. The van der Waals surface area contributed by atoms with E-state index in [4.69, 9.17) is 0 Å². The summed E-state index contributed by atoms with van der Waals surface area (Å²) in [5, 5.41) is 13.4. The zero-order chi connectivity index (χ0) is 39.6. The zero-order valence-corrected chi connectivity index (χ0v) is 35.0. The number of carboxylic acid groups (broad SMARTS) is 1. The Hall–Kier alpha value is -3.35. The number of ether oxygens (including phenoxy) is 1. The van der Waals surface area contributed by atoms with E-state index in [0.717, 1.165) is 53.3 Å². The Balaban J connectivity index is 0.000000640. The molecule has 1 aliphatic heterocycles. The average molecular weight is 783 g/mol. The van der Waals surface area contributed by atoms with Crippen molar-refractivity contribution < 1.29 is 27.9 Å². The van der Waals surface area contributed by atoms with Crippen LogP contribution in [-0.2, 0) is 25.9 Å². The third-order valence-corrected chi connectivity index (χ3v) is 12.0. The Kier molecular flexibility index (Phi) is 20.3. The molecule has 0 aromatic heterocycles. The number of nitrogens with one attached hydrogen (secondary N) is 1. The molecule has 0 spiro atoms. The Morgan fingerprint density at radius 3 is 2.30 bits per heavy atom. The number of benzene rings is 3. The van der Waals surface area contributed by atoms with Gasteiger partial charge in [0.15, 0.2) is 0 Å². The largest absolute Gasteiger partial charge is 0.480 e. The van der Waals surface area contributed by atoms with Crippen molar-refractivity contribution >= 4 is 45.2 Å². The van der Waals surface area contributed by atoms with Gasteiger partial charge in [0.1, 0.15) is 15.9 Å². The van der Waals surface area contributed by atoms with E-state index in [1.54, 1.807) is 20.3 Å². The summed E-state index contributed by atoms with van der Waals surface area (Å²) < 4.78 is 27.4. The number of methoxy groups -OCH3 is 1. The van der Waals surface area contributed by atoms with Crippen molar-refractivity contribution in [2.45, 2.75) is 87.9 Å². The maximum Gasteiger partial charge on any atom is 0.326 e. The number of likely N-dealkylation sites (tertiary alicyclic amines) is 1. The number of hydrogen-bond donors (Lipinski definition) is 2. The Morgan fingerprint density at radius 2 is 1.72 bits per heavy atom. The first kappa shape index (κ1) is 45.8. The van der Waals surface area contributed by atoms with Crippen LogP contribution in [0.3, 0.4) is 0 Å². The lowest BCUT2D eigenvalue weighted by atomic mass is 9.93. The van der Waals surface area contributed by atoms with Gasteiger partial charge < -0.3 is 15.2 Å². The molecule has 1 fully saturated rings. The van der Waals surface area contributed by atoms with Crippen LogP contribution in [0.5, 0.6) is 0 Å². The van der Waals surface area contributed by atoms with Crippen LogP contribution in [0.15, 0.2) is 101 Å². The number of sulfone groups is 1. The lowest BCUT2D eigenvalue weighted by Crippen LogP contribution is -2.42. The SMILES string of the molecule is C=C/C=C(\C)SC(C)CC.COC.Cc1ccccc1-c1cc(CN2CC(Sc3ccccc3)CC2C)ccc1C(=O)NC(CCS(C)(=O)=O)C(=O)O. The maximum atomic E-state index is 13.4. The third-order valence-electron chi connectivity index (χ3n) is 8.56. The van der Waals surface area contributed by atoms with Gasteiger partial charge >= 0.3 is 5.97 Å². The minimum absolute atomic E-state index is 0.202. The smallest absolute Gasteiger partial charge is 0.326 e. The van der Waals surface area contributed by atoms with Gasteiger partial charge in [-0.3, -0.25) is 9.69 Å². The van der Waals surface area contributed by atoms with Gasteiger partial charge in [-0.05, 0) is 91.5 Å². The first-order valence-electron chi connectivity index (χ1n) is 17.8. The minimum Gasteiger partial charge on any atom is -0.480 e. The topological polar surface area (TPSA) is 113 Å². The van der Waals surface area contributed by atoms with Crippen molar-refractivity contribution in [2.24, 2.45) is 0 Å². The highest BCUT2D eigenvalue weighted by Crippen LogP contribution is 2.34. The molecule has 0 radical (unpaired) electrons. The number of aliphatic carboxylic acids is 1. The molecule has 1 heterocycles. The van der Waals surface area contributed by atoms with Crippen LogP contribution in [0.2, 0.25) is 0 Å². The molecule has 11 heteroatoms. The lowest BCUT2D eigenvalue weighted by Gasteiger charge is -2.22. The van der Waals surface area contributed by atoms with E-state index in [-0.39, 0.29) is 12.2 Å². The molecule has 1 aliphatic rings. The standard InChI is InChI=1S/C31H36N2O5S2.C9H16S.C2H6O/c1-21-9-7-8-12-26(21)28-18-23(19-33-20-25(17-22(33)2)39-24-10-5-4-6-11-24)13-14-27(28)30(34)32-29(31(35)36)15-16-40(3,37)38;1-5-7-9(4)10-8(3)6-2;1-3-2/h4-14,18,22,25,29H,15-17,19-20H2,1-3H3,(H,32,34)(H,35,36);5,7-8H,1,6H2,2-4H3;1-2H3/b;9-7+;. The Labute approximate surface area is 326 Å². The molecule has 4 rings (SSSR count). The van der Waals surface area contributed by atoms with E-state index < -0.39 is 27.8 Å². The van der Waals surface area contributed by atoms with E-state index in [0.29, 0.717) is 16.9 Å². The van der Waals surface area contributed by atoms with Crippen LogP contribution in [0.1, 0.15) is 68.4 Å². The van der Waals surface area contributed by atoms with E-state index in [2.05, 4.69) is 79.6 Å². The molecule has 1 saturated heterocycles. The normalized spacial score (nSPS) is 17.0. The summed E-state index contributed by atoms with van der Waals surface area (Å²) in [6.45, 7) is 16.1. The number of hydrogen-bond acceptors (Lipinski definition) is 8. The van der Waals surface area contributed by atoms with E-state index in [1.807, 2.05) is 79.0 Å². The van der Waals surface area contributed by atoms with Crippen LogP contribution < -0.4 is 5.32 Å². The van der Waals surface area contributed by atoms with Crippen LogP contribution in [0.4, 0.5) is 0 Å². The van der Waals surface area contributed by atoms with E-state index in [1.165, 1.54) is 16.2 Å². The molecule has 4 atom stereocenters. The van der Waals surface area contributed by atoms with Crippen molar-refractivity contribution in [1.29, 1.82) is 0 Å². The van der Waals surface area contributed by atoms with Gasteiger partial charge in [-0.25, -0.2) is 13.2 Å². The minimum atomic E-state index is -3.37. The van der Waals surface area contributed by atoms with Gasteiger partial charge in [-0.2, -0.15) is 0 Å². The summed E-state index contributed by atoms with van der Waals surface area (Å²) in [7, 11) is -0.124. The zero-order valence-electron chi connectivity index (χ0n) is 32.5. The molecular formula is C42H58N2O6S3. The molecule has 3 aromatic carbocycles. The second-order valence-corrected chi connectivity index (χ2v) is 18.6. The van der Waals surface area contributed by atoms with Gasteiger partial charge in [-0.15, -0.1) is 23.5 Å². The van der Waals surface area contributed by atoms with E-state index >= 15 is 0 Å². The summed E-state index contributed by atoms with van der Waals surface area (Å²) in [5.41, 5.74) is 4.04. The number of amides is 1. The van der Waals surface area contributed by atoms with Crippen LogP contribution in [0, 0.1) is 6.92 Å². The summed E-state index contributed by atoms with van der Waals surface area (Å²) in [6, 6.07) is 23.0. The fraction of sp³-hybridized carbons (Fsp3) is 0.429. The fourth-order valence-electron chi connectivity index (χ4n) is 5.69. The summed E-state index contributed by atoms with van der Waals surface area (Å²) in [5.74, 6) is -2.14. The molecule has 0 bridgehead atoms. The molecule has 0 aliphatic carbocycles. The number of nitrogens with zero attached hydrogens (tertiary/aromatic N) is 1. The molecule has 4 unspecified atom stereocenters. The molecule has 53 heavy (non-hydrogen) atoms. The van der Waals surface area contributed by atoms with Crippen molar-refractivity contribution in [2.75, 3.05) is 32.8 Å². The number of allylic oxidation sites excluding steroid dienone is 3. The number of carboxylic acids is 1. The molecule has 3 aromatic rings. The molecule has 290 valence electrons. The van der Waals surface area contributed by atoms with Crippen molar-refractivity contribution in [3.8, 4) is 11.1 Å². The number of thioether (sulfide) groups is 2. The highest BCUT2D eigenvalue weighted by Gasteiger charge is 2.30.